The highest BCUT2D eigenvalue weighted by Crippen LogP contribution is 2.17. The minimum Gasteiger partial charge on any atom is -0.324 e. The molecule has 1 heterocycles. The van der Waals surface area contributed by atoms with Crippen molar-refractivity contribution in [2.45, 2.75) is 13.0 Å². The second kappa shape index (κ2) is 8.24. The molecule has 0 aliphatic rings. The van der Waals surface area contributed by atoms with Crippen molar-refractivity contribution in [1.29, 1.82) is 0 Å². The minimum absolute atomic E-state index is 0.205. The van der Waals surface area contributed by atoms with E-state index in [1.165, 1.54) is 4.68 Å². The Bertz CT molecular complexity index is 953. The predicted octanol–water partition coefficient (Wildman–Crippen LogP) is 4.64. The summed E-state index contributed by atoms with van der Waals surface area (Å²) in [6.07, 6.45) is 1.59. The molecule has 8 heteroatoms. The maximum atomic E-state index is 12.4. The lowest BCUT2D eigenvalue weighted by Gasteiger charge is -2.12. The fourth-order valence-electron chi connectivity index (χ4n) is 2.30. The summed E-state index contributed by atoms with van der Waals surface area (Å²) in [5.41, 5.74) is 1.44. The van der Waals surface area contributed by atoms with E-state index in [0.717, 1.165) is 0 Å². The minimum atomic E-state index is -0.599. The molecule has 0 fully saturated rings. The van der Waals surface area contributed by atoms with Gasteiger partial charge in [0.05, 0.1) is 0 Å². The van der Waals surface area contributed by atoms with Crippen LogP contribution in [0.5, 0.6) is 0 Å². The van der Waals surface area contributed by atoms with Gasteiger partial charge in [0.2, 0.25) is 5.91 Å². The largest absolute Gasteiger partial charge is 0.324 e. The molecule has 3 aromatic rings. The van der Waals surface area contributed by atoms with E-state index in [1.807, 2.05) is 0 Å². The van der Waals surface area contributed by atoms with Gasteiger partial charge in [-0.1, -0.05) is 23.2 Å². The molecule has 2 amide bonds. The number of nitrogens with zero attached hydrogens (tertiary/aromatic N) is 2. The molecule has 0 saturated heterocycles. The normalized spacial score (nSPS) is 11.7. The summed E-state index contributed by atoms with van der Waals surface area (Å²) < 4.78 is 1.43. The third-order valence-electron chi connectivity index (χ3n) is 3.83. The van der Waals surface area contributed by atoms with Crippen LogP contribution in [0.1, 0.15) is 23.5 Å². The quantitative estimate of drug-likeness (QED) is 0.652. The Morgan fingerprint density at radius 2 is 1.41 bits per heavy atom. The first-order valence-electron chi connectivity index (χ1n) is 8.11. The summed E-state index contributed by atoms with van der Waals surface area (Å²) in [5, 5.41) is 10.9. The van der Waals surface area contributed by atoms with Crippen molar-refractivity contribution in [3.8, 4) is 0 Å². The van der Waals surface area contributed by atoms with Gasteiger partial charge in [-0.2, -0.15) is 5.10 Å². The van der Waals surface area contributed by atoms with Crippen LogP contribution in [-0.2, 0) is 4.79 Å². The smallest absolute Gasteiger partial charge is 0.276 e. The van der Waals surface area contributed by atoms with Crippen LogP contribution in [0.15, 0.2) is 60.8 Å². The van der Waals surface area contributed by atoms with Gasteiger partial charge in [-0.25, -0.2) is 0 Å². The Morgan fingerprint density at radius 1 is 0.889 bits per heavy atom. The monoisotopic (exact) mass is 402 g/mol. The fourth-order valence-corrected chi connectivity index (χ4v) is 2.56. The molecule has 6 nitrogen and oxygen atoms in total. The topological polar surface area (TPSA) is 76.0 Å². The Balaban J connectivity index is 1.64. The van der Waals surface area contributed by atoms with E-state index in [0.29, 0.717) is 21.4 Å². The first kappa shape index (κ1) is 18.9. The van der Waals surface area contributed by atoms with Gasteiger partial charge in [-0.15, -0.1) is 0 Å². The van der Waals surface area contributed by atoms with Crippen LogP contribution in [0.25, 0.3) is 0 Å². The average molecular weight is 403 g/mol. The van der Waals surface area contributed by atoms with Gasteiger partial charge < -0.3 is 10.6 Å². The lowest BCUT2D eigenvalue weighted by atomic mass is 10.2. The Morgan fingerprint density at radius 3 is 1.96 bits per heavy atom. The molecule has 0 aliphatic carbocycles. The van der Waals surface area contributed by atoms with Gasteiger partial charge in [-0.3, -0.25) is 14.3 Å². The van der Waals surface area contributed by atoms with Crippen LogP contribution >= 0.6 is 23.2 Å². The lowest BCUT2D eigenvalue weighted by molar-refractivity contribution is -0.119. The van der Waals surface area contributed by atoms with Crippen LogP contribution in [0, 0.1) is 0 Å². The highest BCUT2D eigenvalue weighted by molar-refractivity contribution is 6.31. The third-order valence-corrected chi connectivity index (χ3v) is 4.34. The molecule has 0 radical (unpaired) electrons. The van der Waals surface area contributed by atoms with E-state index in [-0.39, 0.29) is 17.5 Å². The van der Waals surface area contributed by atoms with Crippen LogP contribution in [-0.4, -0.2) is 21.6 Å². The zero-order valence-electron chi connectivity index (χ0n) is 14.3. The first-order chi connectivity index (χ1) is 12.9. The molecular formula is C19H16Cl2N4O2. The molecule has 138 valence electrons. The summed E-state index contributed by atoms with van der Waals surface area (Å²) in [6.45, 7) is 1.69. The fraction of sp³-hybridized carbons (Fsp3) is 0.105. The molecular weight excluding hydrogens is 387 g/mol. The third kappa shape index (κ3) is 4.87. The molecule has 1 atom stereocenters. The van der Waals surface area contributed by atoms with Crippen molar-refractivity contribution in [2.75, 3.05) is 10.6 Å². The second-order valence-corrected chi connectivity index (χ2v) is 6.69. The number of amides is 2. The molecule has 0 aliphatic heterocycles. The van der Waals surface area contributed by atoms with Crippen LogP contribution in [0.2, 0.25) is 10.0 Å². The van der Waals surface area contributed by atoms with Gasteiger partial charge in [0.25, 0.3) is 5.91 Å². The highest BCUT2D eigenvalue weighted by atomic mass is 35.5. The Labute approximate surface area is 166 Å². The van der Waals surface area contributed by atoms with Crippen molar-refractivity contribution < 1.29 is 9.59 Å². The molecule has 0 spiro atoms. The molecule has 2 aromatic carbocycles. The van der Waals surface area contributed by atoms with Crippen LogP contribution in [0.4, 0.5) is 11.4 Å². The standard InChI is InChI=1S/C19H16Cl2N4O2/c1-12(18(26)22-15-6-2-13(20)3-7-15)25-11-10-17(24-25)19(27)23-16-8-4-14(21)5-9-16/h2-12H,1H3,(H,22,26)(H,23,27)/t12-/m1/s1. The SMILES string of the molecule is C[C@H](C(=O)Nc1ccc(Cl)cc1)n1ccc(C(=O)Nc2ccc(Cl)cc2)n1. The van der Waals surface area contributed by atoms with Crippen molar-refractivity contribution >= 4 is 46.4 Å². The van der Waals surface area contributed by atoms with Crippen molar-refractivity contribution in [1.82, 2.24) is 9.78 Å². The van der Waals surface area contributed by atoms with E-state index >= 15 is 0 Å². The van der Waals surface area contributed by atoms with Gasteiger partial charge in [0.15, 0.2) is 5.69 Å². The molecule has 0 saturated carbocycles. The number of carbonyl (C=O) groups excluding carboxylic acids is 2. The number of anilines is 2. The number of rotatable bonds is 5. The van der Waals surface area contributed by atoms with Gasteiger partial charge in [0, 0.05) is 27.6 Å². The van der Waals surface area contributed by atoms with Gasteiger partial charge in [0.1, 0.15) is 6.04 Å². The number of benzene rings is 2. The summed E-state index contributed by atoms with van der Waals surface area (Å²) in [5.74, 6) is -0.633. The molecule has 27 heavy (non-hydrogen) atoms. The average Bonchev–Trinajstić information content (AvgIpc) is 3.15. The summed E-state index contributed by atoms with van der Waals surface area (Å²) in [6, 6.07) is 14.5. The zero-order valence-corrected chi connectivity index (χ0v) is 15.8. The summed E-state index contributed by atoms with van der Waals surface area (Å²) in [7, 11) is 0. The Kier molecular flexibility index (Phi) is 5.78. The van der Waals surface area contributed by atoms with Crippen molar-refractivity contribution in [2.24, 2.45) is 0 Å². The summed E-state index contributed by atoms with van der Waals surface area (Å²) in [4.78, 5) is 24.7. The van der Waals surface area contributed by atoms with Crippen LogP contribution < -0.4 is 10.6 Å². The molecule has 3 rings (SSSR count). The zero-order chi connectivity index (χ0) is 19.4. The predicted molar refractivity (Wildman–Crippen MR) is 106 cm³/mol. The Hall–Kier alpha value is -2.83. The maximum Gasteiger partial charge on any atom is 0.276 e. The highest BCUT2D eigenvalue weighted by Gasteiger charge is 2.18. The number of halogens is 2. The van der Waals surface area contributed by atoms with E-state index in [2.05, 4.69) is 15.7 Å². The van der Waals surface area contributed by atoms with Crippen LogP contribution in [0.3, 0.4) is 0 Å². The van der Waals surface area contributed by atoms with Crippen molar-refractivity contribution in [3.05, 3.63) is 76.5 Å². The van der Waals surface area contributed by atoms with E-state index < -0.39 is 6.04 Å². The van der Waals surface area contributed by atoms with E-state index in [4.69, 9.17) is 23.2 Å². The van der Waals surface area contributed by atoms with E-state index in [9.17, 15) is 9.59 Å². The second-order valence-electron chi connectivity index (χ2n) is 5.81. The summed E-state index contributed by atoms with van der Waals surface area (Å²) >= 11 is 11.7. The molecule has 0 bridgehead atoms. The first-order valence-corrected chi connectivity index (χ1v) is 8.86. The van der Waals surface area contributed by atoms with E-state index in [1.54, 1.807) is 67.7 Å². The maximum absolute atomic E-state index is 12.4. The number of carbonyl (C=O) groups is 2. The molecule has 2 N–H and O–H groups in total. The lowest BCUT2D eigenvalue weighted by Crippen LogP contribution is -2.24. The number of nitrogens with one attached hydrogen (secondary N) is 2. The molecule has 1 aromatic heterocycles. The number of hydrogen-bond donors (Lipinski definition) is 2. The van der Waals surface area contributed by atoms with Gasteiger partial charge >= 0.3 is 0 Å². The molecule has 0 unspecified atom stereocenters. The number of hydrogen-bond acceptors (Lipinski definition) is 3. The number of aromatic nitrogens is 2. The van der Waals surface area contributed by atoms with Crippen molar-refractivity contribution in [3.63, 3.8) is 0 Å². The van der Waals surface area contributed by atoms with Gasteiger partial charge in [-0.05, 0) is 61.5 Å².